The molecule has 0 atom stereocenters. The first-order valence-corrected chi connectivity index (χ1v) is 12.6. The highest BCUT2D eigenvalue weighted by Gasteiger charge is 2.47. The number of aromatic nitrogens is 5. The van der Waals surface area contributed by atoms with Gasteiger partial charge in [0.1, 0.15) is 16.3 Å². The number of nitrogens with one attached hydrogen (secondary N) is 1. The lowest BCUT2D eigenvalue weighted by atomic mass is 10.1. The van der Waals surface area contributed by atoms with Gasteiger partial charge in [0, 0.05) is 43.5 Å². The van der Waals surface area contributed by atoms with E-state index in [2.05, 4.69) is 24.8 Å². The van der Waals surface area contributed by atoms with Crippen LogP contribution in [0.4, 0.5) is 11.4 Å². The number of fused-ring (bicyclic) bond motifs is 1. The summed E-state index contributed by atoms with van der Waals surface area (Å²) in [5.74, 6) is 0.975. The van der Waals surface area contributed by atoms with Gasteiger partial charge in [0.05, 0.1) is 31.2 Å². The summed E-state index contributed by atoms with van der Waals surface area (Å²) >= 11 is 0. The first-order valence-electron chi connectivity index (χ1n) is 11.2. The van der Waals surface area contributed by atoms with Gasteiger partial charge in [-0.25, -0.2) is 18.1 Å². The summed E-state index contributed by atoms with van der Waals surface area (Å²) < 4.78 is 37.7. The van der Waals surface area contributed by atoms with E-state index in [0.717, 1.165) is 24.2 Å². The summed E-state index contributed by atoms with van der Waals surface area (Å²) in [5, 5.41) is 9.31. The molecule has 0 radical (unpaired) electrons. The topological polar surface area (TPSA) is 107 Å². The Balaban J connectivity index is 1.30. The predicted octanol–water partition coefficient (Wildman–Crippen LogP) is 2.95. The number of hydrogen-bond acceptors (Lipinski definition) is 7. The molecular formula is C23H25N7O3S. The van der Waals surface area contributed by atoms with Crippen molar-refractivity contribution in [2.45, 2.75) is 24.2 Å². The van der Waals surface area contributed by atoms with Crippen LogP contribution >= 0.6 is 0 Å². The van der Waals surface area contributed by atoms with Crippen LogP contribution in [0.1, 0.15) is 19.3 Å². The maximum absolute atomic E-state index is 13.3. The molecule has 1 saturated carbocycles. The number of nitrogens with zero attached hydrogens (tertiary/aromatic N) is 6. The van der Waals surface area contributed by atoms with E-state index in [0.29, 0.717) is 28.2 Å². The molecule has 3 aromatic heterocycles. The van der Waals surface area contributed by atoms with Crippen molar-refractivity contribution in [2.75, 3.05) is 29.8 Å². The van der Waals surface area contributed by atoms with Crippen molar-refractivity contribution in [2.24, 2.45) is 12.5 Å². The summed E-state index contributed by atoms with van der Waals surface area (Å²) in [5.41, 5.74) is 2.55. The second-order valence-corrected chi connectivity index (χ2v) is 10.8. The van der Waals surface area contributed by atoms with Crippen LogP contribution in [-0.4, -0.2) is 53.2 Å². The highest BCUT2D eigenvalue weighted by Crippen LogP contribution is 2.53. The number of sulfonamides is 1. The molecule has 1 aliphatic heterocycles. The van der Waals surface area contributed by atoms with Gasteiger partial charge in [0.25, 0.3) is 10.0 Å². The molecule has 11 heteroatoms. The molecule has 1 saturated heterocycles. The van der Waals surface area contributed by atoms with Gasteiger partial charge in [-0.2, -0.15) is 10.2 Å². The Morgan fingerprint density at radius 3 is 2.74 bits per heavy atom. The van der Waals surface area contributed by atoms with Crippen molar-refractivity contribution >= 4 is 32.3 Å². The van der Waals surface area contributed by atoms with Crippen LogP contribution in [0.3, 0.4) is 0 Å². The van der Waals surface area contributed by atoms with E-state index in [1.807, 2.05) is 18.2 Å². The van der Waals surface area contributed by atoms with Crippen molar-refractivity contribution in [1.82, 2.24) is 24.5 Å². The minimum Gasteiger partial charge on any atom is -0.494 e. The Labute approximate surface area is 197 Å². The third-order valence-electron chi connectivity index (χ3n) is 6.91. The van der Waals surface area contributed by atoms with E-state index < -0.39 is 10.0 Å². The van der Waals surface area contributed by atoms with E-state index in [4.69, 9.17) is 4.74 Å². The molecule has 1 aromatic carbocycles. The molecule has 2 fully saturated rings. The first-order chi connectivity index (χ1) is 16.4. The third-order valence-corrected chi connectivity index (χ3v) is 8.22. The molecule has 176 valence electrons. The molecule has 1 aliphatic carbocycles. The Morgan fingerprint density at radius 1 is 1.12 bits per heavy atom. The molecule has 0 unspecified atom stereocenters. The average molecular weight is 480 g/mol. The van der Waals surface area contributed by atoms with E-state index in [9.17, 15) is 8.42 Å². The van der Waals surface area contributed by atoms with Gasteiger partial charge < -0.3 is 9.64 Å². The summed E-state index contributed by atoms with van der Waals surface area (Å²) in [7, 11) is -0.696. The smallest absolute Gasteiger partial charge is 0.265 e. The SMILES string of the molecule is COc1ccc2cnn(C)c2c1NS(=O)(=O)c1cnn(-c2cc(N3CCC4(CC4)C3)ccn2)c1. The normalized spacial score (nSPS) is 16.9. The monoisotopic (exact) mass is 479 g/mol. The quantitative estimate of drug-likeness (QED) is 0.453. The molecule has 34 heavy (non-hydrogen) atoms. The average Bonchev–Trinajstić information content (AvgIpc) is 3.18. The van der Waals surface area contributed by atoms with Crippen LogP contribution in [0.25, 0.3) is 16.7 Å². The number of ether oxygens (including phenoxy) is 1. The van der Waals surface area contributed by atoms with Crippen LogP contribution < -0.4 is 14.4 Å². The molecule has 4 heterocycles. The first kappa shape index (κ1) is 21.0. The number of aryl methyl sites for hydroxylation is 1. The van der Waals surface area contributed by atoms with Crippen LogP contribution in [0.15, 0.2) is 53.9 Å². The van der Waals surface area contributed by atoms with E-state index in [1.165, 1.54) is 43.4 Å². The number of methoxy groups -OCH3 is 1. The van der Waals surface area contributed by atoms with E-state index in [1.54, 1.807) is 30.2 Å². The summed E-state index contributed by atoms with van der Waals surface area (Å²) in [6.45, 7) is 2.11. The number of anilines is 2. The zero-order chi connectivity index (χ0) is 23.5. The highest BCUT2D eigenvalue weighted by molar-refractivity contribution is 7.92. The molecule has 0 bridgehead atoms. The van der Waals surface area contributed by atoms with E-state index >= 15 is 0 Å². The summed E-state index contributed by atoms with van der Waals surface area (Å²) in [6.07, 6.45) is 10.1. The molecule has 6 rings (SSSR count). The zero-order valence-corrected chi connectivity index (χ0v) is 19.8. The van der Waals surface area contributed by atoms with Gasteiger partial charge >= 0.3 is 0 Å². The van der Waals surface area contributed by atoms with Gasteiger partial charge in [0.2, 0.25) is 0 Å². The fourth-order valence-electron chi connectivity index (χ4n) is 4.75. The summed E-state index contributed by atoms with van der Waals surface area (Å²) in [6, 6.07) is 7.50. The third kappa shape index (κ3) is 3.47. The van der Waals surface area contributed by atoms with Crippen molar-refractivity contribution in [3.05, 3.63) is 49.1 Å². The lowest BCUT2D eigenvalue weighted by molar-refractivity contribution is 0.417. The van der Waals surface area contributed by atoms with Crippen molar-refractivity contribution in [3.63, 3.8) is 0 Å². The van der Waals surface area contributed by atoms with Crippen LogP contribution in [0.5, 0.6) is 5.75 Å². The van der Waals surface area contributed by atoms with Gasteiger partial charge in [0.15, 0.2) is 5.82 Å². The molecule has 2 aliphatic rings. The maximum Gasteiger partial charge on any atom is 0.265 e. The predicted molar refractivity (Wildman–Crippen MR) is 128 cm³/mol. The molecule has 1 N–H and O–H groups in total. The summed E-state index contributed by atoms with van der Waals surface area (Å²) in [4.78, 5) is 6.82. The molecule has 10 nitrogen and oxygen atoms in total. The lowest BCUT2D eigenvalue weighted by Crippen LogP contribution is -2.20. The number of rotatable bonds is 6. The van der Waals surface area contributed by atoms with Crippen LogP contribution in [0.2, 0.25) is 0 Å². The maximum atomic E-state index is 13.3. The number of benzene rings is 1. The molecule has 1 spiro atoms. The minimum atomic E-state index is -3.94. The zero-order valence-electron chi connectivity index (χ0n) is 19.0. The fraction of sp³-hybridized carbons (Fsp3) is 0.348. The Morgan fingerprint density at radius 2 is 1.97 bits per heavy atom. The second-order valence-electron chi connectivity index (χ2n) is 9.12. The number of hydrogen-bond donors (Lipinski definition) is 1. The Bertz CT molecular complexity index is 1500. The standard InChI is InChI=1S/C23H25N7O3S/c1-28-22-16(12-25-28)3-4-19(33-2)21(22)27-34(31,32)18-13-26-30(14-18)20-11-17(5-9-24-20)29-10-8-23(15-29)6-7-23/h3-5,9,11-14,27H,6-8,10,15H2,1-2H3. The van der Waals surface area contributed by atoms with E-state index in [-0.39, 0.29) is 4.90 Å². The van der Waals surface area contributed by atoms with Gasteiger partial charge in [-0.05, 0) is 42.9 Å². The fourth-order valence-corrected chi connectivity index (χ4v) is 5.76. The largest absolute Gasteiger partial charge is 0.494 e. The second kappa shape index (κ2) is 7.45. The van der Waals surface area contributed by atoms with Crippen molar-refractivity contribution in [3.8, 4) is 11.6 Å². The highest BCUT2D eigenvalue weighted by atomic mass is 32.2. The van der Waals surface area contributed by atoms with Gasteiger partial charge in [-0.3, -0.25) is 9.40 Å². The van der Waals surface area contributed by atoms with Crippen molar-refractivity contribution < 1.29 is 13.2 Å². The number of pyridine rings is 1. The molecule has 4 aromatic rings. The van der Waals surface area contributed by atoms with Crippen molar-refractivity contribution in [1.29, 1.82) is 0 Å². The molecular weight excluding hydrogens is 454 g/mol. The lowest BCUT2D eigenvalue weighted by Gasteiger charge is -2.19. The van der Waals surface area contributed by atoms with Crippen LogP contribution in [0, 0.1) is 5.41 Å². The Hall–Kier alpha value is -3.60. The van der Waals surface area contributed by atoms with Gasteiger partial charge in [-0.15, -0.1) is 0 Å². The van der Waals surface area contributed by atoms with Gasteiger partial charge in [-0.1, -0.05) is 0 Å². The minimum absolute atomic E-state index is 0.0269. The Kier molecular flexibility index (Phi) is 4.60. The van der Waals surface area contributed by atoms with Crippen LogP contribution in [-0.2, 0) is 17.1 Å². The molecule has 0 amide bonds.